The van der Waals surface area contributed by atoms with Crippen molar-refractivity contribution in [2.45, 2.75) is 6.92 Å². The van der Waals surface area contributed by atoms with Gasteiger partial charge in [-0.05, 0) is 66.3 Å². The van der Waals surface area contributed by atoms with Crippen molar-refractivity contribution in [3.8, 4) is 5.69 Å². The lowest BCUT2D eigenvalue weighted by atomic mass is 9.59. The summed E-state index contributed by atoms with van der Waals surface area (Å²) in [5.74, 6) is 0. The van der Waals surface area contributed by atoms with E-state index in [1.54, 1.807) is 11.5 Å². The highest BCUT2D eigenvalue weighted by Crippen LogP contribution is 2.40. The maximum atomic E-state index is 7.44. The zero-order valence-corrected chi connectivity index (χ0v) is 31.0. The number of rotatable bonds is 1. The first-order chi connectivity index (χ1) is 27.1. The summed E-state index contributed by atoms with van der Waals surface area (Å²) in [6.45, 7) is 1.73. The molecule has 0 saturated heterocycles. The normalized spacial score (nSPS) is 12.2. The first-order valence-electron chi connectivity index (χ1n) is 17.4. The van der Waals surface area contributed by atoms with Crippen LogP contribution in [0.3, 0.4) is 0 Å². The van der Waals surface area contributed by atoms with E-state index >= 15 is 0 Å². The summed E-state index contributed by atoms with van der Waals surface area (Å²) in [5, 5.41) is 3.77. The molecule has 0 amide bonds. The van der Waals surface area contributed by atoms with Gasteiger partial charge in [0.1, 0.15) is 157 Å². The van der Waals surface area contributed by atoms with Crippen molar-refractivity contribution in [1.29, 1.82) is 0 Å². The molecule has 0 saturated carbocycles. The smallest absolute Gasteiger partial charge is 0.117 e. The van der Waals surface area contributed by atoms with Gasteiger partial charge in [-0.25, -0.2) is 0 Å². The minimum atomic E-state index is -0.0239. The number of fused-ring (bicyclic) bond motifs is 9. The minimum Gasteiger partial charge on any atom is -0.311 e. The molecule has 216 valence electrons. The summed E-state index contributed by atoms with van der Waals surface area (Å²) in [6.07, 6.45) is 0. The van der Waals surface area contributed by atoms with Crippen LogP contribution < -0.4 is 109 Å². The molecule has 0 bridgehead atoms. The van der Waals surface area contributed by atoms with E-state index in [4.69, 9.17) is 157 Å². The molecule has 1 aromatic heterocycles. The maximum Gasteiger partial charge on any atom is 0.117 e. The molecule has 0 atom stereocenters. The Kier molecular flexibility index (Phi) is 8.74. The van der Waals surface area contributed by atoms with Gasteiger partial charge < -0.3 is 4.57 Å². The summed E-state index contributed by atoms with van der Waals surface area (Å²) in [7, 11) is 135. The van der Waals surface area contributed by atoms with Gasteiger partial charge in [-0.15, -0.1) is 43.7 Å². The van der Waals surface area contributed by atoms with Crippen LogP contribution in [0.25, 0.3) is 81.4 Å². The highest BCUT2D eigenvalue weighted by atomic mass is 15.0. The predicted octanol–water partition coefficient (Wildman–Crippen LogP) is -13.8. The third kappa shape index (κ3) is 4.45. The Morgan fingerprint density at radius 1 is 0.207 bits per heavy atom. The van der Waals surface area contributed by atoms with E-state index in [-0.39, 0.29) is 153 Å². The molecule has 0 fully saturated rings. The molecule has 21 heteroatoms. The van der Waals surface area contributed by atoms with Crippen LogP contribution in [0.1, 0.15) is 5.56 Å². The van der Waals surface area contributed by atoms with Crippen molar-refractivity contribution in [2.24, 2.45) is 0 Å². The fraction of sp³-hybridized carbons (Fsp3) is 0.0270. The maximum absolute atomic E-state index is 7.44. The van der Waals surface area contributed by atoms with Gasteiger partial charge in [0, 0.05) is 27.5 Å². The van der Waals surface area contributed by atoms with Crippen molar-refractivity contribution in [2.75, 3.05) is 0 Å². The van der Waals surface area contributed by atoms with E-state index in [1.807, 2.05) is 0 Å². The molecule has 0 aliphatic carbocycles. The van der Waals surface area contributed by atoms with E-state index in [0.29, 0.717) is 43.3 Å². The second-order valence-electron chi connectivity index (χ2n) is 14.8. The zero-order valence-electron chi connectivity index (χ0n) is 31.0. The van der Waals surface area contributed by atoms with Gasteiger partial charge in [-0.3, -0.25) is 0 Å². The second-order valence-corrected chi connectivity index (χ2v) is 14.8. The molecule has 1 nitrogen and oxygen atoms in total. The lowest BCUT2D eigenvalue weighted by Gasteiger charge is -2.29. The quantitative estimate of drug-likeness (QED) is 0.120. The SMILES string of the molecule is [B]c1c([B])c([B])c2c(c1[B])c1c([B])c([B])c([B])c([B])c1c1c([B])c(-n3c4c([B])c([B])c([B])c5c6c([B])c([B])c([B])c([B])c6c6c([B])c([B])c([B])c3c6c54)c(C)c([B])c21. The van der Waals surface area contributed by atoms with Crippen LogP contribution in [-0.4, -0.2) is 161 Å². The van der Waals surface area contributed by atoms with Crippen molar-refractivity contribution in [1.82, 2.24) is 4.57 Å². The van der Waals surface area contributed by atoms with Crippen LogP contribution in [-0.2, 0) is 0 Å². The van der Waals surface area contributed by atoms with E-state index in [1.165, 1.54) is 0 Å². The summed E-state index contributed by atoms with van der Waals surface area (Å²) >= 11 is 0. The van der Waals surface area contributed by atoms with Gasteiger partial charge in [-0.2, -0.15) is 0 Å². The highest BCUT2D eigenvalue weighted by molar-refractivity contribution is 6.77. The molecule has 0 spiro atoms. The molecule has 1 heterocycles. The Morgan fingerprint density at radius 3 is 0.655 bits per heavy atom. The van der Waals surface area contributed by atoms with Gasteiger partial charge in [0.15, 0.2) is 0 Å². The molecule has 0 aliphatic heterocycles. The Morgan fingerprint density at radius 2 is 0.397 bits per heavy atom. The summed E-state index contributed by atoms with van der Waals surface area (Å²) < 4.78 is 1.69. The Bertz CT molecular complexity index is 3350. The minimum absolute atomic E-state index is 0.00206. The molecule has 9 aromatic rings. The largest absolute Gasteiger partial charge is 0.311 e. The van der Waals surface area contributed by atoms with Gasteiger partial charge in [0.05, 0.1) is 0 Å². The molecule has 0 unspecified atom stereocenters. The molecule has 8 aromatic carbocycles. The van der Waals surface area contributed by atoms with E-state index in [9.17, 15) is 0 Å². The van der Waals surface area contributed by atoms with Crippen molar-refractivity contribution < 1.29 is 0 Å². The number of hydrogen-bond acceptors (Lipinski definition) is 0. The van der Waals surface area contributed by atoms with Crippen LogP contribution in [0.5, 0.6) is 0 Å². The van der Waals surface area contributed by atoms with Crippen LogP contribution in [0, 0.1) is 6.92 Å². The van der Waals surface area contributed by atoms with Gasteiger partial charge in [0.2, 0.25) is 0 Å². The molecular formula is C37H3B20N. The summed E-state index contributed by atoms with van der Waals surface area (Å²) in [5.41, 5.74) is 1.87. The Hall–Kier alpha value is -3.58. The fourth-order valence-electron chi connectivity index (χ4n) is 9.15. The molecular weight excluding hydrogens is 675 g/mol. The lowest BCUT2D eigenvalue weighted by molar-refractivity contribution is 1.18. The topological polar surface area (TPSA) is 4.93 Å². The Labute approximate surface area is 362 Å². The van der Waals surface area contributed by atoms with E-state index < -0.39 is 0 Å². The molecule has 0 N–H and O–H groups in total. The van der Waals surface area contributed by atoms with Crippen molar-refractivity contribution >= 4 is 342 Å². The Balaban J connectivity index is 1.69. The average Bonchev–Trinajstić information content (AvgIpc) is 3.54. The zero-order chi connectivity index (χ0) is 42.4. The lowest BCUT2D eigenvalue weighted by Crippen LogP contribution is -2.51. The average molecular weight is 678 g/mol. The molecule has 40 radical (unpaired) electrons. The van der Waals surface area contributed by atoms with Gasteiger partial charge >= 0.3 is 0 Å². The first-order valence-corrected chi connectivity index (χ1v) is 17.4. The second kappa shape index (κ2) is 12.7. The van der Waals surface area contributed by atoms with Crippen LogP contribution >= 0.6 is 0 Å². The van der Waals surface area contributed by atoms with Crippen LogP contribution in [0.4, 0.5) is 0 Å². The number of nitrogens with zero attached hydrogens (tertiary/aromatic N) is 1. The van der Waals surface area contributed by atoms with Crippen LogP contribution in [0.2, 0.25) is 0 Å². The summed E-state index contributed by atoms with van der Waals surface area (Å²) in [6, 6.07) is 0. The van der Waals surface area contributed by atoms with Gasteiger partial charge in [0.25, 0.3) is 0 Å². The third-order valence-electron chi connectivity index (χ3n) is 12.1. The number of aromatic nitrogens is 1. The van der Waals surface area contributed by atoms with Crippen molar-refractivity contribution in [3.63, 3.8) is 0 Å². The number of benzene rings is 8. The standard InChI is InChI=1S/C37H3B20N/c1-2-15(38)3-4-5(17(40)26(49)25(48)16(4)39)6-7(19(42)28(51)27(50)18(6)41)10(3)24(47)35(2)58-36-13-11(22(45)31(54)33(36)56)8-9(21(44)30(53)29(52)20(8)43)12-14(13)37(58)34(57)32(55)23(12)46/h1H3. The first kappa shape index (κ1) is 39.9. The highest BCUT2D eigenvalue weighted by Gasteiger charge is 2.30. The summed E-state index contributed by atoms with van der Waals surface area (Å²) in [4.78, 5) is 0. The van der Waals surface area contributed by atoms with Crippen LogP contribution in [0.15, 0.2) is 0 Å². The van der Waals surface area contributed by atoms with Crippen molar-refractivity contribution in [3.05, 3.63) is 5.56 Å². The monoisotopic (exact) mass is 681 g/mol. The number of hydrogen-bond donors (Lipinski definition) is 0. The van der Waals surface area contributed by atoms with E-state index in [0.717, 1.165) is 0 Å². The predicted molar refractivity (Wildman–Crippen MR) is 272 cm³/mol. The third-order valence-corrected chi connectivity index (χ3v) is 12.1. The van der Waals surface area contributed by atoms with E-state index in [2.05, 4.69) is 0 Å². The fourth-order valence-corrected chi connectivity index (χ4v) is 9.15. The molecule has 58 heavy (non-hydrogen) atoms. The van der Waals surface area contributed by atoms with Gasteiger partial charge in [-0.1, -0.05) is 65.6 Å². The molecule has 9 rings (SSSR count). The molecule has 0 aliphatic rings.